The monoisotopic (exact) mass is 318 g/mol. The Kier molecular flexibility index (Phi) is 4.46. The van der Waals surface area contributed by atoms with Gasteiger partial charge in [0, 0.05) is 36.1 Å². The van der Waals surface area contributed by atoms with Gasteiger partial charge in [-0.1, -0.05) is 23.7 Å². The molecule has 1 aromatic carbocycles. The van der Waals surface area contributed by atoms with E-state index in [1.54, 1.807) is 24.2 Å². The Labute approximate surface area is 133 Å². The topological polar surface area (TPSA) is 33.2 Å². The largest absolute Gasteiger partial charge is 0.322 e. The summed E-state index contributed by atoms with van der Waals surface area (Å²) in [5, 5.41) is 0.767. The number of halogens is 1. The van der Waals surface area contributed by atoms with Crippen molar-refractivity contribution in [3.63, 3.8) is 0 Å². The molecule has 1 saturated heterocycles. The molecule has 0 N–H and O–H groups in total. The lowest BCUT2D eigenvalue weighted by molar-refractivity contribution is -0.132. The molecule has 1 aromatic heterocycles. The highest BCUT2D eigenvalue weighted by Gasteiger charge is 2.29. The molecule has 1 aliphatic heterocycles. The number of hydrogen-bond acceptors (Lipinski definition) is 3. The van der Waals surface area contributed by atoms with Crippen LogP contribution >= 0.6 is 23.4 Å². The van der Waals surface area contributed by atoms with Gasteiger partial charge in [0.15, 0.2) is 0 Å². The molecule has 5 heteroatoms. The van der Waals surface area contributed by atoms with Crippen molar-refractivity contribution in [3.8, 4) is 0 Å². The zero-order chi connectivity index (χ0) is 14.7. The summed E-state index contributed by atoms with van der Waals surface area (Å²) in [5.74, 6) is 1.06. The maximum atomic E-state index is 12.3. The van der Waals surface area contributed by atoms with Crippen molar-refractivity contribution in [2.45, 2.75) is 18.3 Å². The molecule has 1 fully saturated rings. The summed E-state index contributed by atoms with van der Waals surface area (Å²) in [6.45, 7) is 0.613. The summed E-state index contributed by atoms with van der Waals surface area (Å²) >= 11 is 7.75. The Morgan fingerprint density at radius 2 is 1.90 bits per heavy atom. The van der Waals surface area contributed by atoms with Gasteiger partial charge in [0.25, 0.3) is 0 Å². The molecule has 1 atom stereocenters. The van der Waals surface area contributed by atoms with E-state index in [-0.39, 0.29) is 11.3 Å². The first-order valence-electron chi connectivity index (χ1n) is 6.79. The van der Waals surface area contributed by atoms with Crippen LogP contribution in [0, 0.1) is 0 Å². The van der Waals surface area contributed by atoms with E-state index in [0.29, 0.717) is 18.0 Å². The zero-order valence-electron chi connectivity index (χ0n) is 11.4. The second kappa shape index (κ2) is 6.50. The number of amides is 1. The van der Waals surface area contributed by atoms with Crippen LogP contribution in [0.25, 0.3) is 0 Å². The zero-order valence-corrected chi connectivity index (χ0v) is 13.0. The molecule has 108 valence electrons. The molecule has 0 spiro atoms. The van der Waals surface area contributed by atoms with E-state index in [1.165, 1.54) is 0 Å². The van der Waals surface area contributed by atoms with Gasteiger partial charge in [-0.05, 0) is 35.4 Å². The Bertz CT molecular complexity index is 618. The molecule has 0 aliphatic carbocycles. The van der Waals surface area contributed by atoms with Crippen molar-refractivity contribution in [3.05, 3.63) is 64.9 Å². The van der Waals surface area contributed by atoms with Gasteiger partial charge >= 0.3 is 0 Å². The lowest BCUT2D eigenvalue weighted by Crippen LogP contribution is -2.36. The van der Waals surface area contributed by atoms with Crippen LogP contribution in [0.5, 0.6) is 0 Å². The first-order chi connectivity index (χ1) is 10.2. The van der Waals surface area contributed by atoms with Crippen LogP contribution in [-0.4, -0.2) is 21.5 Å². The minimum absolute atomic E-state index is 0.0525. The molecule has 0 saturated carbocycles. The lowest BCUT2D eigenvalue weighted by atomic mass is 10.1. The minimum atomic E-state index is 0.0525. The number of aromatic nitrogens is 1. The predicted octanol–water partition coefficient (Wildman–Crippen LogP) is 3.90. The summed E-state index contributed by atoms with van der Waals surface area (Å²) in [7, 11) is 0. The minimum Gasteiger partial charge on any atom is -0.322 e. The maximum absolute atomic E-state index is 12.3. The third-order valence-corrected chi connectivity index (χ3v) is 4.99. The van der Waals surface area contributed by atoms with E-state index in [9.17, 15) is 4.79 Å². The van der Waals surface area contributed by atoms with Gasteiger partial charge in [-0.25, -0.2) is 0 Å². The number of benzene rings is 1. The number of pyridine rings is 1. The first-order valence-corrected chi connectivity index (χ1v) is 8.22. The van der Waals surface area contributed by atoms with E-state index in [1.807, 2.05) is 41.3 Å². The van der Waals surface area contributed by atoms with Crippen molar-refractivity contribution < 1.29 is 4.79 Å². The van der Waals surface area contributed by atoms with Crippen LogP contribution in [0.2, 0.25) is 5.02 Å². The van der Waals surface area contributed by atoms with Crippen LogP contribution in [0.15, 0.2) is 48.8 Å². The van der Waals surface area contributed by atoms with Gasteiger partial charge in [0.05, 0.1) is 0 Å². The molecule has 2 heterocycles. The Morgan fingerprint density at radius 3 is 2.62 bits per heavy atom. The van der Waals surface area contributed by atoms with E-state index in [0.717, 1.165) is 16.9 Å². The van der Waals surface area contributed by atoms with Crippen LogP contribution in [0.1, 0.15) is 22.9 Å². The fourth-order valence-electron chi connectivity index (χ4n) is 2.38. The van der Waals surface area contributed by atoms with Gasteiger partial charge in [0.2, 0.25) is 5.91 Å². The SMILES string of the molecule is O=C1CCSC(c2ccc(Cl)cc2)N1Cc1ccncc1. The van der Waals surface area contributed by atoms with E-state index < -0.39 is 0 Å². The summed E-state index contributed by atoms with van der Waals surface area (Å²) in [6.07, 6.45) is 4.11. The van der Waals surface area contributed by atoms with Crippen molar-refractivity contribution in [2.24, 2.45) is 0 Å². The molecule has 1 aliphatic rings. The summed E-state index contributed by atoms with van der Waals surface area (Å²) in [6, 6.07) is 11.6. The normalized spacial score (nSPS) is 18.8. The highest BCUT2D eigenvalue weighted by atomic mass is 35.5. The Morgan fingerprint density at radius 1 is 1.19 bits per heavy atom. The second-order valence-electron chi connectivity index (χ2n) is 4.90. The fourth-order valence-corrected chi connectivity index (χ4v) is 3.75. The fraction of sp³-hybridized carbons (Fsp3) is 0.250. The molecule has 3 nitrogen and oxygen atoms in total. The van der Waals surface area contributed by atoms with Crippen LogP contribution in [0.4, 0.5) is 0 Å². The van der Waals surface area contributed by atoms with Crippen molar-refractivity contribution in [2.75, 3.05) is 5.75 Å². The summed E-state index contributed by atoms with van der Waals surface area (Å²) < 4.78 is 0. The second-order valence-corrected chi connectivity index (χ2v) is 6.53. The highest BCUT2D eigenvalue weighted by molar-refractivity contribution is 7.99. The molecular weight excluding hydrogens is 304 g/mol. The van der Waals surface area contributed by atoms with Crippen LogP contribution in [0.3, 0.4) is 0 Å². The molecule has 3 rings (SSSR count). The molecule has 21 heavy (non-hydrogen) atoms. The van der Waals surface area contributed by atoms with E-state index in [4.69, 9.17) is 11.6 Å². The Balaban J connectivity index is 1.86. The molecule has 1 amide bonds. The number of carbonyl (C=O) groups is 1. The van der Waals surface area contributed by atoms with Crippen LogP contribution in [-0.2, 0) is 11.3 Å². The summed E-state index contributed by atoms with van der Waals surface area (Å²) in [4.78, 5) is 18.3. The number of thioether (sulfide) groups is 1. The number of carbonyl (C=O) groups excluding carboxylic acids is 1. The molecular formula is C16H15ClN2OS. The third kappa shape index (κ3) is 3.39. The third-order valence-electron chi connectivity index (χ3n) is 3.45. The van der Waals surface area contributed by atoms with Crippen molar-refractivity contribution in [1.29, 1.82) is 0 Å². The molecule has 0 bridgehead atoms. The smallest absolute Gasteiger partial charge is 0.224 e. The highest BCUT2D eigenvalue weighted by Crippen LogP contribution is 2.38. The number of nitrogens with zero attached hydrogens (tertiary/aromatic N) is 2. The van der Waals surface area contributed by atoms with Crippen molar-refractivity contribution >= 4 is 29.3 Å². The lowest BCUT2D eigenvalue weighted by Gasteiger charge is -2.35. The van der Waals surface area contributed by atoms with Crippen LogP contribution < -0.4 is 0 Å². The maximum Gasteiger partial charge on any atom is 0.224 e. The molecule has 0 radical (unpaired) electrons. The average Bonchev–Trinajstić information content (AvgIpc) is 2.51. The average molecular weight is 319 g/mol. The number of rotatable bonds is 3. The quantitative estimate of drug-likeness (QED) is 0.860. The van der Waals surface area contributed by atoms with E-state index in [2.05, 4.69) is 4.98 Å². The summed E-state index contributed by atoms with van der Waals surface area (Å²) in [5.41, 5.74) is 2.21. The van der Waals surface area contributed by atoms with E-state index >= 15 is 0 Å². The van der Waals surface area contributed by atoms with Gasteiger partial charge < -0.3 is 4.90 Å². The predicted molar refractivity (Wildman–Crippen MR) is 86.1 cm³/mol. The molecule has 1 unspecified atom stereocenters. The van der Waals surface area contributed by atoms with Crippen molar-refractivity contribution in [1.82, 2.24) is 9.88 Å². The molecule has 2 aromatic rings. The van der Waals surface area contributed by atoms with Gasteiger partial charge in [0.1, 0.15) is 5.37 Å². The number of hydrogen-bond donors (Lipinski definition) is 0. The van der Waals surface area contributed by atoms with Gasteiger partial charge in [-0.15, -0.1) is 11.8 Å². The van der Waals surface area contributed by atoms with Gasteiger partial charge in [-0.3, -0.25) is 9.78 Å². The Hall–Kier alpha value is -1.52. The van der Waals surface area contributed by atoms with Gasteiger partial charge in [-0.2, -0.15) is 0 Å². The standard InChI is InChI=1S/C16H15ClN2OS/c17-14-3-1-13(2-4-14)16-19(15(20)7-10-21-16)11-12-5-8-18-9-6-12/h1-6,8-9,16H,7,10-11H2. The first kappa shape index (κ1) is 14.4.